The molecule has 1 atom stereocenters. The smallest absolute Gasteiger partial charge is 0.191 e. The number of guanidine groups is 1. The van der Waals surface area contributed by atoms with Gasteiger partial charge in [0.25, 0.3) is 0 Å². The second kappa shape index (κ2) is 7.20. The molecule has 4 heteroatoms. The first-order valence-electron chi connectivity index (χ1n) is 10.2. The zero-order valence-corrected chi connectivity index (χ0v) is 16.8. The Labute approximate surface area is 163 Å². The first-order chi connectivity index (χ1) is 13.0. The highest BCUT2D eigenvalue weighted by molar-refractivity contribution is 5.78. The summed E-state index contributed by atoms with van der Waals surface area (Å²) in [6.07, 6.45) is 8.47. The maximum absolute atomic E-state index is 6.26. The topological polar surface area (TPSA) is 50.9 Å². The van der Waals surface area contributed by atoms with Crippen molar-refractivity contribution in [3.05, 3.63) is 34.9 Å². The molecule has 144 valence electrons. The van der Waals surface area contributed by atoms with Gasteiger partial charge in [0.2, 0.25) is 0 Å². The van der Waals surface area contributed by atoms with Crippen molar-refractivity contribution >= 4 is 5.96 Å². The van der Waals surface area contributed by atoms with Crippen molar-refractivity contribution in [2.45, 2.75) is 57.1 Å². The van der Waals surface area contributed by atoms with Crippen molar-refractivity contribution in [3.63, 3.8) is 0 Å². The van der Waals surface area contributed by atoms with E-state index in [9.17, 15) is 0 Å². The van der Waals surface area contributed by atoms with E-state index >= 15 is 0 Å². The molecule has 2 N–H and O–H groups in total. The summed E-state index contributed by atoms with van der Waals surface area (Å²) in [5, 5.41) is 0. The number of ether oxygens (including phenoxy) is 1. The molecule has 3 aliphatic rings. The van der Waals surface area contributed by atoms with Crippen LogP contribution in [0.5, 0.6) is 0 Å². The van der Waals surface area contributed by atoms with Crippen molar-refractivity contribution in [1.82, 2.24) is 4.90 Å². The fraction of sp³-hybridized carbons (Fsp3) is 0.609. The molecule has 2 saturated carbocycles. The van der Waals surface area contributed by atoms with Crippen molar-refractivity contribution in [1.29, 1.82) is 0 Å². The molecule has 4 nitrogen and oxygen atoms in total. The Bertz CT molecular complexity index is 790. The number of benzene rings is 1. The van der Waals surface area contributed by atoms with Crippen LogP contribution in [-0.4, -0.2) is 38.2 Å². The molecule has 0 bridgehead atoms. The standard InChI is InChI=1S/C23H31N3O/c1-26(2)22(24)25-21-20-14-17(7-6-16-4-5-16)8-9-18(20)15-23(21)12-10-19(27-3)11-13-23/h8-9,14,16,19,21H,4-5,10-13,15H2,1-3H3,(H2,24,25)/t19?,21-,23?/m1/s1. The van der Waals surface area contributed by atoms with Crippen molar-refractivity contribution in [2.24, 2.45) is 22.1 Å². The van der Waals surface area contributed by atoms with E-state index in [1.54, 1.807) is 0 Å². The van der Waals surface area contributed by atoms with Crippen molar-refractivity contribution in [2.75, 3.05) is 21.2 Å². The fourth-order valence-corrected chi connectivity index (χ4v) is 4.61. The highest BCUT2D eigenvalue weighted by atomic mass is 16.5. The number of nitrogens with two attached hydrogens (primary N) is 1. The van der Waals surface area contributed by atoms with E-state index in [-0.39, 0.29) is 11.5 Å². The molecule has 0 saturated heterocycles. The Morgan fingerprint density at radius 1 is 1.22 bits per heavy atom. The third kappa shape index (κ3) is 3.71. The summed E-state index contributed by atoms with van der Waals surface area (Å²) in [4.78, 5) is 6.93. The zero-order valence-electron chi connectivity index (χ0n) is 16.8. The van der Waals surface area contributed by atoms with Crippen LogP contribution in [0.2, 0.25) is 0 Å². The minimum absolute atomic E-state index is 0.121. The van der Waals surface area contributed by atoms with Crippen molar-refractivity contribution < 1.29 is 4.74 Å². The summed E-state index contributed by atoms with van der Waals surface area (Å²) in [5.74, 6) is 7.99. The van der Waals surface area contributed by atoms with Crippen LogP contribution in [0.1, 0.15) is 61.3 Å². The van der Waals surface area contributed by atoms with Gasteiger partial charge in [-0.1, -0.05) is 17.9 Å². The van der Waals surface area contributed by atoms with Gasteiger partial charge in [0.15, 0.2) is 5.96 Å². The monoisotopic (exact) mass is 365 g/mol. The lowest BCUT2D eigenvalue weighted by atomic mass is 9.68. The van der Waals surface area contributed by atoms with Crippen LogP contribution < -0.4 is 5.73 Å². The molecular formula is C23H31N3O. The second-order valence-corrected chi connectivity index (χ2v) is 8.72. The van der Waals surface area contributed by atoms with Gasteiger partial charge in [-0.05, 0) is 68.2 Å². The second-order valence-electron chi connectivity index (χ2n) is 8.72. The quantitative estimate of drug-likeness (QED) is 0.496. The lowest BCUT2D eigenvalue weighted by Crippen LogP contribution is -2.36. The highest BCUT2D eigenvalue weighted by Crippen LogP contribution is 2.56. The summed E-state index contributed by atoms with van der Waals surface area (Å²) in [6.45, 7) is 0. The number of aliphatic imine (C=N–C) groups is 1. The van der Waals surface area contributed by atoms with Crippen molar-refractivity contribution in [3.8, 4) is 11.8 Å². The summed E-state index contributed by atoms with van der Waals surface area (Å²) in [7, 11) is 5.75. The third-order valence-corrected chi connectivity index (χ3v) is 6.54. The average molecular weight is 366 g/mol. The van der Waals surface area contributed by atoms with Crippen LogP contribution in [0.25, 0.3) is 0 Å². The van der Waals surface area contributed by atoms with E-state index in [1.165, 1.54) is 24.0 Å². The molecule has 0 radical (unpaired) electrons. The fourth-order valence-electron chi connectivity index (χ4n) is 4.61. The maximum atomic E-state index is 6.26. The van der Waals surface area contributed by atoms with Gasteiger partial charge in [-0.25, -0.2) is 4.99 Å². The normalized spacial score (nSPS) is 30.0. The third-order valence-electron chi connectivity index (χ3n) is 6.54. The number of nitrogens with zero attached hydrogens (tertiary/aromatic N) is 2. The molecule has 0 amide bonds. The molecule has 0 aromatic heterocycles. The van der Waals surface area contributed by atoms with Crippen LogP contribution in [-0.2, 0) is 11.2 Å². The van der Waals surface area contributed by atoms with Gasteiger partial charge in [-0.15, -0.1) is 0 Å². The van der Waals surface area contributed by atoms with Gasteiger partial charge in [-0.3, -0.25) is 0 Å². The van der Waals surface area contributed by atoms with Crippen LogP contribution in [0.15, 0.2) is 23.2 Å². The van der Waals surface area contributed by atoms with Gasteiger partial charge < -0.3 is 15.4 Å². The molecule has 4 rings (SSSR count). The van der Waals surface area contributed by atoms with Gasteiger partial charge in [0.05, 0.1) is 12.1 Å². The van der Waals surface area contributed by atoms with Crippen LogP contribution in [0.4, 0.5) is 0 Å². The van der Waals surface area contributed by atoms with Crippen LogP contribution >= 0.6 is 0 Å². The first-order valence-corrected chi connectivity index (χ1v) is 10.2. The summed E-state index contributed by atoms with van der Waals surface area (Å²) in [6, 6.07) is 6.86. The largest absolute Gasteiger partial charge is 0.381 e. The lowest BCUT2D eigenvalue weighted by Gasteiger charge is -2.40. The number of hydrogen-bond acceptors (Lipinski definition) is 2. The molecule has 2 fully saturated rings. The summed E-state index contributed by atoms with van der Waals surface area (Å²) < 4.78 is 5.62. The van der Waals surface area contributed by atoms with Gasteiger partial charge >= 0.3 is 0 Å². The van der Waals surface area contributed by atoms with E-state index in [0.717, 1.165) is 37.7 Å². The Hall–Kier alpha value is -1.99. The molecule has 3 aliphatic carbocycles. The highest BCUT2D eigenvalue weighted by Gasteiger charge is 2.48. The molecule has 27 heavy (non-hydrogen) atoms. The zero-order chi connectivity index (χ0) is 19.0. The average Bonchev–Trinajstić information content (AvgIpc) is 3.46. The van der Waals surface area contributed by atoms with Gasteiger partial charge in [0, 0.05) is 38.1 Å². The minimum Gasteiger partial charge on any atom is -0.381 e. The molecule has 1 aromatic rings. The Kier molecular flexibility index (Phi) is 4.90. The Morgan fingerprint density at radius 2 is 1.96 bits per heavy atom. The van der Waals surface area contributed by atoms with E-state index in [1.807, 2.05) is 26.1 Å². The predicted octanol–water partition coefficient (Wildman–Crippen LogP) is 3.50. The number of fused-ring (bicyclic) bond motifs is 1. The lowest BCUT2D eigenvalue weighted by molar-refractivity contribution is 0.0209. The molecular weight excluding hydrogens is 334 g/mol. The SMILES string of the molecule is COC1CCC2(CC1)Cc1ccc(C#CC3CC3)cc1[C@H]2/N=C(/N)N(C)C. The van der Waals surface area contributed by atoms with E-state index in [2.05, 4.69) is 30.0 Å². The van der Waals surface area contributed by atoms with Gasteiger partial charge in [0.1, 0.15) is 0 Å². The maximum Gasteiger partial charge on any atom is 0.191 e. The molecule has 0 aliphatic heterocycles. The minimum atomic E-state index is 0.121. The number of hydrogen-bond donors (Lipinski definition) is 1. The summed E-state index contributed by atoms with van der Waals surface area (Å²) in [5.41, 5.74) is 10.3. The number of rotatable bonds is 2. The van der Waals surface area contributed by atoms with E-state index < -0.39 is 0 Å². The van der Waals surface area contributed by atoms with E-state index in [0.29, 0.717) is 18.0 Å². The first kappa shape index (κ1) is 18.4. The predicted molar refractivity (Wildman–Crippen MR) is 109 cm³/mol. The molecule has 0 unspecified atom stereocenters. The molecule has 0 heterocycles. The number of methoxy groups -OCH3 is 1. The summed E-state index contributed by atoms with van der Waals surface area (Å²) >= 11 is 0. The Balaban J connectivity index is 1.69. The van der Waals surface area contributed by atoms with Gasteiger partial charge in [-0.2, -0.15) is 0 Å². The Morgan fingerprint density at radius 3 is 2.59 bits per heavy atom. The van der Waals surface area contributed by atoms with Crippen LogP contribution in [0.3, 0.4) is 0 Å². The van der Waals surface area contributed by atoms with Crippen LogP contribution in [0, 0.1) is 23.2 Å². The molecule has 1 aromatic carbocycles. The molecule has 1 spiro atoms. The van der Waals surface area contributed by atoms with E-state index in [4.69, 9.17) is 15.5 Å².